The van der Waals surface area contributed by atoms with Crippen molar-refractivity contribution in [3.63, 3.8) is 0 Å². The molecule has 0 radical (unpaired) electrons. The molecule has 10 aromatic rings. The van der Waals surface area contributed by atoms with Gasteiger partial charge in [-0.1, -0.05) is 152 Å². The smallest absolute Gasteiger partial charge is 0.164 e. The molecular weight excluding hydrogens is 697 g/mol. The first-order valence-electron chi connectivity index (χ1n) is 18.8. The standard InChI is InChI=1S/C52H32N4O/c53-33-34-13-9-18-37(29-34)39-20-11-22-41(31-39)51-54-50(40-21-10-19-38(30-40)35-14-3-1-4-15-35)55-52(56-51)42-27-28-46-48(32-42)57-47-26-12-25-45(49(46)47)44-24-8-7-23-43(44)36-16-5-2-6-17-36/h1-32H. The first-order valence-corrected chi connectivity index (χ1v) is 18.8. The van der Waals surface area contributed by atoms with E-state index in [1.807, 2.05) is 91.0 Å². The van der Waals surface area contributed by atoms with Crippen LogP contribution in [0, 0.1) is 11.3 Å². The number of furan rings is 1. The fraction of sp³-hybridized carbons (Fsp3) is 0. The molecule has 0 amide bonds. The van der Waals surface area contributed by atoms with Crippen molar-refractivity contribution in [2.24, 2.45) is 0 Å². The van der Waals surface area contributed by atoms with Gasteiger partial charge in [-0.3, -0.25) is 0 Å². The van der Waals surface area contributed by atoms with Crippen LogP contribution in [0.15, 0.2) is 199 Å². The number of nitriles is 1. The average molecular weight is 729 g/mol. The van der Waals surface area contributed by atoms with Gasteiger partial charge in [0.15, 0.2) is 17.5 Å². The summed E-state index contributed by atoms with van der Waals surface area (Å²) in [5.41, 5.74) is 13.4. The fourth-order valence-corrected chi connectivity index (χ4v) is 7.61. The summed E-state index contributed by atoms with van der Waals surface area (Å²) in [6, 6.07) is 68.1. The molecule has 0 saturated heterocycles. The number of nitrogens with zero attached hydrogens (tertiary/aromatic N) is 4. The molecule has 0 aliphatic heterocycles. The van der Waals surface area contributed by atoms with E-state index in [-0.39, 0.29) is 0 Å². The molecule has 0 fully saturated rings. The molecule has 0 N–H and O–H groups in total. The Kier molecular flexibility index (Phi) is 8.48. The lowest BCUT2D eigenvalue weighted by Gasteiger charge is -2.11. The summed E-state index contributed by atoms with van der Waals surface area (Å²) in [5.74, 6) is 1.64. The van der Waals surface area contributed by atoms with E-state index in [9.17, 15) is 5.26 Å². The molecule has 2 aromatic heterocycles. The highest BCUT2D eigenvalue weighted by Crippen LogP contribution is 2.41. The molecule has 0 bridgehead atoms. The Morgan fingerprint density at radius 2 is 0.842 bits per heavy atom. The van der Waals surface area contributed by atoms with Crippen molar-refractivity contribution in [1.82, 2.24) is 15.0 Å². The van der Waals surface area contributed by atoms with Gasteiger partial charge < -0.3 is 4.42 Å². The largest absolute Gasteiger partial charge is 0.456 e. The number of fused-ring (bicyclic) bond motifs is 3. The Morgan fingerprint density at radius 1 is 0.351 bits per heavy atom. The van der Waals surface area contributed by atoms with Gasteiger partial charge in [-0.2, -0.15) is 5.26 Å². The van der Waals surface area contributed by atoms with Crippen molar-refractivity contribution >= 4 is 21.9 Å². The van der Waals surface area contributed by atoms with E-state index in [4.69, 9.17) is 19.4 Å². The van der Waals surface area contributed by atoms with Crippen LogP contribution in [0.1, 0.15) is 5.56 Å². The summed E-state index contributed by atoms with van der Waals surface area (Å²) in [6.07, 6.45) is 0. The molecule has 0 unspecified atom stereocenters. The molecule has 0 saturated carbocycles. The highest BCUT2D eigenvalue weighted by molar-refractivity contribution is 6.14. The predicted molar refractivity (Wildman–Crippen MR) is 230 cm³/mol. The van der Waals surface area contributed by atoms with Crippen LogP contribution in [0.4, 0.5) is 0 Å². The Labute approximate surface area is 329 Å². The molecule has 10 rings (SSSR count). The maximum Gasteiger partial charge on any atom is 0.164 e. The van der Waals surface area contributed by atoms with E-state index in [2.05, 4.69) is 109 Å². The molecule has 5 nitrogen and oxygen atoms in total. The highest BCUT2D eigenvalue weighted by atomic mass is 16.3. The van der Waals surface area contributed by atoms with Crippen LogP contribution in [-0.4, -0.2) is 15.0 Å². The van der Waals surface area contributed by atoms with Gasteiger partial charge in [0.2, 0.25) is 0 Å². The van der Waals surface area contributed by atoms with E-state index in [1.165, 1.54) is 5.56 Å². The summed E-state index contributed by atoms with van der Waals surface area (Å²) in [5, 5.41) is 11.6. The van der Waals surface area contributed by atoms with Crippen molar-refractivity contribution in [3.05, 3.63) is 200 Å². The molecule has 266 valence electrons. The Bertz CT molecular complexity index is 3140. The van der Waals surface area contributed by atoms with Crippen LogP contribution < -0.4 is 0 Å². The van der Waals surface area contributed by atoms with Gasteiger partial charge in [-0.05, 0) is 87.0 Å². The quantitative estimate of drug-likeness (QED) is 0.163. The summed E-state index contributed by atoms with van der Waals surface area (Å²) in [7, 11) is 0. The second-order valence-electron chi connectivity index (χ2n) is 13.9. The van der Waals surface area contributed by atoms with E-state index < -0.39 is 0 Å². The van der Waals surface area contributed by atoms with E-state index in [0.717, 1.165) is 77.6 Å². The number of rotatable bonds is 7. The zero-order valence-corrected chi connectivity index (χ0v) is 30.7. The molecule has 8 aromatic carbocycles. The van der Waals surface area contributed by atoms with E-state index >= 15 is 0 Å². The molecule has 0 aliphatic carbocycles. The van der Waals surface area contributed by atoms with Crippen LogP contribution in [-0.2, 0) is 0 Å². The van der Waals surface area contributed by atoms with Gasteiger partial charge in [-0.25, -0.2) is 15.0 Å². The number of aromatic nitrogens is 3. The van der Waals surface area contributed by atoms with E-state index in [0.29, 0.717) is 23.0 Å². The van der Waals surface area contributed by atoms with Gasteiger partial charge in [-0.15, -0.1) is 0 Å². The molecule has 57 heavy (non-hydrogen) atoms. The second kappa shape index (κ2) is 14.4. The zero-order chi connectivity index (χ0) is 38.1. The normalized spacial score (nSPS) is 11.1. The second-order valence-corrected chi connectivity index (χ2v) is 13.9. The first kappa shape index (κ1) is 33.6. The molecular formula is C52H32N4O. The lowest BCUT2D eigenvalue weighted by atomic mass is 9.92. The monoisotopic (exact) mass is 728 g/mol. The third-order valence-corrected chi connectivity index (χ3v) is 10.4. The molecule has 2 heterocycles. The molecule has 5 heteroatoms. The van der Waals surface area contributed by atoms with Crippen molar-refractivity contribution < 1.29 is 4.42 Å². The number of hydrogen-bond acceptors (Lipinski definition) is 5. The predicted octanol–water partition coefficient (Wildman–Crippen LogP) is 13.3. The Hall–Kier alpha value is -7.94. The first-order chi connectivity index (χ1) is 28.2. The number of benzene rings is 8. The third kappa shape index (κ3) is 6.42. The topological polar surface area (TPSA) is 75.6 Å². The lowest BCUT2D eigenvalue weighted by molar-refractivity contribution is 0.669. The summed E-state index contributed by atoms with van der Waals surface area (Å²) >= 11 is 0. The maximum absolute atomic E-state index is 9.55. The fourth-order valence-electron chi connectivity index (χ4n) is 7.61. The van der Waals surface area contributed by atoms with E-state index in [1.54, 1.807) is 0 Å². The number of hydrogen-bond donors (Lipinski definition) is 0. The van der Waals surface area contributed by atoms with Gasteiger partial charge >= 0.3 is 0 Å². The Morgan fingerprint density at radius 3 is 1.51 bits per heavy atom. The van der Waals surface area contributed by atoms with Gasteiger partial charge in [0.1, 0.15) is 11.2 Å². The Balaban J connectivity index is 1.12. The van der Waals surface area contributed by atoms with Gasteiger partial charge in [0.05, 0.1) is 11.6 Å². The maximum atomic E-state index is 9.55. The lowest BCUT2D eigenvalue weighted by Crippen LogP contribution is -2.00. The minimum atomic E-state index is 0.536. The minimum Gasteiger partial charge on any atom is -0.456 e. The van der Waals surface area contributed by atoms with Gasteiger partial charge in [0.25, 0.3) is 0 Å². The summed E-state index contributed by atoms with van der Waals surface area (Å²) < 4.78 is 6.61. The van der Waals surface area contributed by atoms with Crippen molar-refractivity contribution in [1.29, 1.82) is 5.26 Å². The minimum absolute atomic E-state index is 0.536. The summed E-state index contributed by atoms with van der Waals surface area (Å²) in [4.78, 5) is 15.3. The van der Waals surface area contributed by atoms with Gasteiger partial charge in [0, 0.05) is 27.5 Å². The van der Waals surface area contributed by atoms with Crippen molar-refractivity contribution in [3.8, 4) is 84.7 Å². The third-order valence-electron chi connectivity index (χ3n) is 10.4. The van der Waals surface area contributed by atoms with Crippen LogP contribution in [0.3, 0.4) is 0 Å². The van der Waals surface area contributed by atoms with Crippen LogP contribution in [0.25, 0.3) is 101 Å². The van der Waals surface area contributed by atoms with Crippen molar-refractivity contribution in [2.45, 2.75) is 0 Å². The van der Waals surface area contributed by atoms with Crippen LogP contribution in [0.2, 0.25) is 0 Å². The molecule has 0 aliphatic rings. The molecule has 0 atom stereocenters. The van der Waals surface area contributed by atoms with Crippen LogP contribution in [0.5, 0.6) is 0 Å². The SMILES string of the molecule is N#Cc1cccc(-c2cccc(-c3nc(-c4cccc(-c5ccccc5)c4)nc(-c4ccc5c(c4)oc4cccc(-c6ccccc6-c6ccccc6)c45)n3)c2)c1. The zero-order valence-electron chi connectivity index (χ0n) is 30.7. The van der Waals surface area contributed by atoms with Crippen molar-refractivity contribution in [2.75, 3.05) is 0 Å². The highest BCUT2D eigenvalue weighted by Gasteiger charge is 2.18. The van der Waals surface area contributed by atoms with Crippen LogP contribution >= 0.6 is 0 Å². The average Bonchev–Trinajstić information content (AvgIpc) is 3.68. The molecule has 0 spiro atoms. The summed E-state index contributed by atoms with van der Waals surface area (Å²) in [6.45, 7) is 0.